The first-order chi connectivity index (χ1) is 17.8. The van der Waals surface area contributed by atoms with Crippen LogP contribution in [0, 0.1) is 5.92 Å². The molecule has 0 bridgehead atoms. The number of allylic oxidation sites excluding steroid dienone is 4. The van der Waals surface area contributed by atoms with E-state index in [9.17, 15) is 4.79 Å². The molecule has 1 atom stereocenters. The molecule has 4 nitrogen and oxygen atoms in total. The van der Waals surface area contributed by atoms with Crippen LogP contribution in [-0.4, -0.2) is 14.5 Å². The molecule has 36 heavy (non-hydrogen) atoms. The lowest BCUT2D eigenvalue weighted by atomic mass is 9.82. The normalized spacial score (nSPS) is 16.7. The lowest BCUT2D eigenvalue weighted by molar-refractivity contribution is 0.0947. The number of aromatic nitrogens is 2. The van der Waals surface area contributed by atoms with Crippen molar-refractivity contribution in [1.82, 2.24) is 14.1 Å². The number of aryl methyl sites for hydroxylation is 1. The fraction of sp³-hybridized carbons (Fsp3) is 0.129. The van der Waals surface area contributed by atoms with Crippen LogP contribution in [0.1, 0.15) is 27.9 Å². The lowest BCUT2D eigenvalue weighted by Gasteiger charge is -2.21. The maximum Gasteiger partial charge on any atom is 0.169 e. The van der Waals surface area contributed by atoms with Crippen LogP contribution < -0.4 is 15.8 Å². The number of benzene rings is 3. The van der Waals surface area contributed by atoms with Crippen LogP contribution in [-0.2, 0) is 12.8 Å². The number of rotatable bonds is 2. The third-order valence-electron chi connectivity index (χ3n) is 6.90. The molecule has 0 radical (unpaired) electrons. The van der Waals surface area contributed by atoms with Gasteiger partial charge in [0.1, 0.15) is 11.0 Å². The predicted molar refractivity (Wildman–Crippen MR) is 148 cm³/mol. The summed E-state index contributed by atoms with van der Waals surface area (Å²) in [6, 6.07) is 18.8. The van der Waals surface area contributed by atoms with E-state index in [0.29, 0.717) is 0 Å². The molecule has 0 saturated carbocycles. The molecule has 7 rings (SSSR count). The minimum atomic E-state index is -0.0939. The van der Waals surface area contributed by atoms with Crippen molar-refractivity contribution >= 4 is 40.7 Å². The molecule has 4 aromatic rings. The third-order valence-corrected chi connectivity index (χ3v) is 7.45. The summed E-state index contributed by atoms with van der Waals surface area (Å²) >= 11 is 1.19. The molecule has 3 aromatic carbocycles. The molecule has 0 saturated heterocycles. The van der Waals surface area contributed by atoms with Crippen LogP contribution in [0.25, 0.3) is 34.3 Å². The van der Waals surface area contributed by atoms with Gasteiger partial charge in [-0.3, -0.25) is 4.79 Å². The van der Waals surface area contributed by atoms with E-state index in [1.165, 1.54) is 44.4 Å². The number of carbonyl (C=O) groups is 1. The third kappa shape index (κ3) is 4.34. The van der Waals surface area contributed by atoms with Gasteiger partial charge in [-0.25, -0.2) is 0 Å². The molecule has 0 fully saturated rings. The SMILES string of the molecule is C1=CC=CNC=C1.O=C(c1ccc2nsnc2c1)C1C=c2c(ccc3c2=CCc2ccccc2-3)CC1. The van der Waals surface area contributed by atoms with Gasteiger partial charge in [-0.1, -0.05) is 60.7 Å². The molecule has 0 spiro atoms. The van der Waals surface area contributed by atoms with E-state index >= 15 is 0 Å². The Kier molecular flexibility index (Phi) is 6.14. The predicted octanol–water partition coefficient (Wildman–Crippen LogP) is 5.09. The second-order valence-corrected chi connectivity index (χ2v) is 9.61. The van der Waals surface area contributed by atoms with Crippen molar-refractivity contribution in [3.63, 3.8) is 0 Å². The Morgan fingerprint density at radius 2 is 1.67 bits per heavy atom. The van der Waals surface area contributed by atoms with Crippen molar-refractivity contribution < 1.29 is 4.79 Å². The second-order valence-electron chi connectivity index (χ2n) is 9.08. The van der Waals surface area contributed by atoms with Crippen molar-refractivity contribution in [3.8, 4) is 11.1 Å². The van der Waals surface area contributed by atoms with Gasteiger partial charge in [0.05, 0.1) is 11.7 Å². The van der Waals surface area contributed by atoms with E-state index in [-0.39, 0.29) is 11.7 Å². The van der Waals surface area contributed by atoms with Gasteiger partial charge >= 0.3 is 0 Å². The molecular formula is C31H25N3OS. The van der Waals surface area contributed by atoms with E-state index in [2.05, 4.69) is 62.6 Å². The van der Waals surface area contributed by atoms with Crippen molar-refractivity contribution in [2.24, 2.45) is 5.92 Å². The quantitative estimate of drug-likeness (QED) is 0.400. The summed E-state index contributed by atoms with van der Waals surface area (Å²) < 4.78 is 8.52. The van der Waals surface area contributed by atoms with Gasteiger partial charge in [-0.15, -0.1) is 0 Å². The van der Waals surface area contributed by atoms with E-state index in [4.69, 9.17) is 0 Å². The number of hydrogen-bond donors (Lipinski definition) is 1. The first-order valence-corrected chi connectivity index (χ1v) is 12.9. The fourth-order valence-corrected chi connectivity index (χ4v) is 5.60. The van der Waals surface area contributed by atoms with Crippen molar-refractivity contribution in [1.29, 1.82) is 0 Å². The number of ketones is 1. The number of fused-ring (bicyclic) bond motifs is 6. The number of hydrogen-bond acceptors (Lipinski definition) is 5. The standard InChI is InChI=1S/C25H18N2OS.C6H7N/c28-25(18-9-12-23-24(14-18)27-29-26-23)17-6-5-16-8-10-20-19-4-2-1-3-15(19)7-11-21(20)22(16)13-17;1-2-4-6-7-5-3-1/h1-4,8-14,17H,5-7H2;1-7H. The molecule has 3 aliphatic rings. The number of Topliss-reactive ketones (excluding diaryl/α,β-unsaturated/α-hetero) is 1. The summed E-state index contributed by atoms with van der Waals surface area (Å²) in [6.07, 6.45) is 18.8. The monoisotopic (exact) mass is 487 g/mol. The van der Waals surface area contributed by atoms with E-state index in [0.717, 1.165) is 35.9 Å². The zero-order valence-corrected chi connectivity index (χ0v) is 20.5. The smallest absolute Gasteiger partial charge is 0.169 e. The average molecular weight is 488 g/mol. The Hall–Kier alpha value is -4.09. The van der Waals surface area contributed by atoms with Crippen molar-refractivity contribution in [2.75, 3.05) is 0 Å². The minimum Gasteiger partial charge on any atom is -0.368 e. The van der Waals surface area contributed by atoms with Crippen LogP contribution in [0.3, 0.4) is 0 Å². The molecule has 176 valence electrons. The maximum absolute atomic E-state index is 13.3. The molecule has 5 heteroatoms. The average Bonchev–Trinajstić information content (AvgIpc) is 3.20. The Labute approximate surface area is 214 Å². The summed E-state index contributed by atoms with van der Waals surface area (Å²) in [7, 11) is 0. The largest absolute Gasteiger partial charge is 0.368 e. The molecular weight excluding hydrogens is 462 g/mol. The molecule has 1 N–H and O–H groups in total. The van der Waals surface area contributed by atoms with Gasteiger partial charge in [0.15, 0.2) is 5.78 Å². The highest BCUT2D eigenvalue weighted by molar-refractivity contribution is 7.00. The molecule has 1 unspecified atom stereocenters. The van der Waals surface area contributed by atoms with Crippen molar-refractivity contribution in [2.45, 2.75) is 19.3 Å². The summed E-state index contributed by atoms with van der Waals surface area (Å²) in [5.74, 6) is 0.0861. The highest BCUT2D eigenvalue weighted by atomic mass is 32.1. The maximum atomic E-state index is 13.3. The van der Waals surface area contributed by atoms with Crippen LogP contribution in [0.4, 0.5) is 0 Å². The zero-order valence-electron chi connectivity index (χ0n) is 19.7. The molecule has 2 heterocycles. The van der Waals surface area contributed by atoms with Crippen LogP contribution >= 0.6 is 11.7 Å². The molecule has 0 amide bonds. The summed E-state index contributed by atoms with van der Waals surface area (Å²) in [5.41, 5.74) is 7.71. The second kappa shape index (κ2) is 9.88. The van der Waals surface area contributed by atoms with E-state index < -0.39 is 0 Å². The van der Waals surface area contributed by atoms with Crippen molar-refractivity contribution in [3.05, 3.63) is 118 Å². The number of carbonyl (C=O) groups excluding carboxylic acids is 1. The Bertz CT molecular complexity index is 1660. The van der Waals surface area contributed by atoms with Gasteiger partial charge < -0.3 is 5.32 Å². The van der Waals surface area contributed by atoms with Crippen LogP contribution in [0.5, 0.6) is 0 Å². The van der Waals surface area contributed by atoms with Gasteiger partial charge in [0.2, 0.25) is 0 Å². The minimum absolute atomic E-state index is 0.0939. The zero-order chi connectivity index (χ0) is 24.3. The summed E-state index contributed by atoms with van der Waals surface area (Å²) in [5, 5.41) is 5.46. The first kappa shape index (κ1) is 22.4. The Morgan fingerprint density at radius 3 is 2.56 bits per heavy atom. The summed E-state index contributed by atoms with van der Waals surface area (Å²) in [4.78, 5) is 13.3. The first-order valence-electron chi connectivity index (χ1n) is 12.2. The highest BCUT2D eigenvalue weighted by Crippen LogP contribution is 2.26. The van der Waals surface area contributed by atoms with Crippen LogP contribution in [0.2, 0.25) is 0 Å². The van der Waals surface area contributed by atoms with Gasteiger partial charge in [-0.05, 0) is 82.3 Å². The molecule has 2 aliphatic carbocycles. The number of nitrogens with one attached hydrogen (secondary N) is 1. The van der Waals surface area contributed by atoms with Gasteiger partial charge in [0.25, 0.3) is 0 Å². The fourth-order valence-electron chi connectivity index (χ4n) is 5.08. The Morgan fingerprint density at radius 1 is 0.833 bits per heavy atom. The Balaban J connectivity index is 0.000000299. The van der Waals surface area contributed by atoms with E-state index in [1.807, 2.05) is 54.9 Å². The van der Waals surface area contributed by atoms with Gasteiger partial charge in [-0.2, -0.15) is 8.75 Å². The highest BCUT2D eigenvalue weighted by Gasteiger charge is 2.23. The molecule has 1 aromatic heterocycles. The lowest BCUT2D eigenvalue weighted by Crippen LogP contribution is -2.37. The van der Waals surface area contributed by atoms with Gasteiger partial charge in [0, 0.05) is 23.9 Å². The molecule has 1 aliphatic heterocycles. The van der Waals surface area contributed by atoms with E-state index in [1.54, 1.807) is 0 Å². The number of nitrogens with zero attached hydrogens (tertiary/aromatic N) is 2. The topological polar surface area (TPSA) is 54.9 Å². The summed E-state index contributed by atoms with van der Waals surface area (Å²) in [6.45, 7) is 0. The van der Waals surface area contributed by atoms with Crippen LogP contribution in [0.15, 0.2) is 91.3 Å².